The van der Waals surface area contributed by atoms with E-state index in [1.807, 2.05) is 0 Å². The van der Waals surface area contributed by atoms with Gasteiger partial charge in [-0.1, -0.05) is 0 Å². The SMILES string of the molecule is COCCOCCNC(=O)C1CNCCO1. The van der Waals surface area contributed by atoms with Crippen LogP contribution < -0.4 is 10.6 Å². The Balaban J connectivity index is 1.97. The van der Waals surface area contributed by atoms with Gasteiger partial charge in [-0.05, 0) is 0 Å². The summed E-state index contributed by atoms with van der Waals surface area (Å²) in [5, 5.41) is 5.86. The van der Waals surface area contributed by atoms with E-state index in [1.165, 1.54) is 0 Å². The molecule has 0 saturated carbocycles. The third kappa shape index (κ3) is 5.41. The number of morpholine rings is 1. The van der Waals surface area contributed by atoms with E-state index in [0.29, 0.717) is 39.5 Å². The van der Waals surface area contributed by atoms with Gasteiger partial charge < -0.3 is 24.8 Å². The number of carbonyl (C=O) groups is 1. The molecule has 6 nitrogen and oxygen atoms in total. The fourth-order valence-corrected chi connectivity index (χ4v) is 1.34. The van der Waals surface area contributed by atoms with Crippen molar-refractivity contribution in [3.63, 3.8) is 0 Å². The molecular weight excluding hydrogens is 212 g/mol. The van der Waals surface area contributed by atoms with Crippen LogP contribution in [-0.4, -0.2) is 65.2 Å². The minimum atomic E-state index is -0.368. The first-order valence-corrected chi connectivity index (χ1v) is 5.51. The van der Waals surface area contributed by atoms with Gasteiger partial charge in [-0.15, -0.1) is 0 Å². The molecule has 0 aromatic heterocycles. The van der Waals surface area contributed by atoms with Crippen LogP contribution in [0.4, 0.5) is 0 Å². The van der Waals surface area contributed by atoms with Gasteiger partial charge in [0.1, 0.15) is 6.10 Å². The number of hydrogen-bond donors (Lipinski definition) is 2. The number of nitrogens with one attached hydrogen (secondary N) is 2. The summed E-state index contributed by atoms with van der Waals surface area (Å²) in [6.45, 7) is 4.10. The summed E-state index contributed by atoms with van der Waals surface area (Å²) >= 11 is 0. The van der Waals surface area contributed by atoms with Crippen molar-refractivity contribution >= 4 is 5.91 Å². The van der Waals surface area contributed by atoms with Crippen molar-refractivity contribution in [2.24, 2.45) is 0 Å². The predicted octanol–water partition coefficient (Wildman–Crippen LogP) is -1.25. The Labute approximate surface area is 95.6 Å². The minimum absolute atomic E-state index is 0.0810. The zero-order valence-electron chi connectivity index (χ0n) is 9.66. The molecule has 1 unspecified atom stereocenters. The summed E-state index contributed by atoms with van der Waals surface area (Å²) in [5.41, 5.74) is 0. The average molecular weight is 232 g/mol. The van der Waals surface area contributed by atoms with E-state index in [0.717, 1.165) is 6.54 Å². The van der Waals surface area contributed by atoms with Crippen LogP contribution in [0, 0.1) is 0 Å². The monoisotopic (exact) mass is 232 g/mol. The van der Waals surface area contributed by atoms with Crippen molar-refractivity contribution in [1.82, 2.24) is 10.6 Å². The predicted molar refractivity (Wildman–Crippen MR) is 58.3 cm³/mol. The van der Waals surface area contributed by atoms with Gasteiger partial charge >= 0.3 is 0 Å². The minimum Gasteiger partial charge on any atom is -0.382 e. The molecule has 6 heteroatoms. The van der Waals surface area contributed by atoms with Crippen LogP contribution in [0.1, 0.15) is 0 Å². The summed E-state index contributed by atoms with van der Waals surface area (Å²) in [4.78, 5) is 11.5. The largest absolute Gasteiger partial charge is 0.382 e. The van der Waals surface area contributed by atoms with Gasteiger partial charge in [0.05, 0.1) is 26.4 Å². The second-order valence-electron chi connectivity index (χ2n) is 3.46. The first kappa shape index (κ1) is 13.4. The lowest BCUT2D eigenvalue weighted by molar-refractivity contribution is -0.134. The lowest BCUT2D eigenvalue weighted by Gasteiger charge is -2.22. The maximum Gasteiger partial charge on any atom is 0.250 e. The van der Waals surface area contributed by atoms with Crippen LogP contribution in [0.3, 0.4) is 0 Å². The van der Waals surface area contributed by atoms with Crippen molar-refractivity contribution in [3.8, 4) is 0 Å². The molecule has 1 heterocycles. The highest BCUT2D eigenvalue weighted by molar-refractivity contribution is 5.81. The smallest absolute Gasteiger partial charge is 0.250 e. The number of amides is 1. The molecule has 1 amide bonds. The lowest BCUT2D eigenvalue weighted by atomic mass is 10.3. The quantitative estimate of drug-likeness (QED) is 0.537. The molecule has 0 aliphatic carbocycles. The van der Waals surface area contributed by atoms with E-state index in [-0.39, 0.29) is 12.0 Å². The summed E-state index contributed by atoms with van der Waals surface area (Å²) in [5.74, 6) is -0.0810. The van der Waals surface area contributed by atoms with E-state index >= 15 is 0 Å². The molecule has 1 saturated heterocycles. The standard InChI is InChI=1S/C10H20N2O4/c1-14-6-7-15-4-3-12-10(13)9-8-11-2-5-16-9/h9,11H,2-8H2,1H3,(H,12,13). The third-order valence-electron chi connectivity index (χ3n) is 2.20. The number of ether oxygens (including phenoxy) is 3. The molecule has 0 spiro atoms. The highest BCUT2D eigenvalue weighted by Crippen LogP contribution is 1.95. The molecule has 2 N–H and O–H groups in total. The lowest BCUT2D eigenvalue weighted by Crippen LogP contribution is -2.48. The van der Waals surface area contributed by atoms with Gasteiger partial charge in [-0.25, -0.2) is 0 Å². The van der Waals surface area contributed by atoms with Crippen LogP contribution in [0.25, 0.3) is 0 Å². The van der Waals surface area contributed by atoms with Gasteiger partial charge in [0.25, 0.3) is 5.91 Å². The topological polar surface area (TPSA) is 68.8 Å². The highest BCUT2D eigenvalue weighted by Gasteiger charge is 2.20. The van der Waals surface area contributed by atoms with E-state index in [9.17, 15) is 4.79 Å². The molecule has 0 aromatic carbocycles. The van der Waals surface area contributed by atoms with Gasteiger partial charge in [0.2, 0.25) is 0 Å². The first-order valence-electron chi connectivity index (χ1n) is 5.51. The molecule has 94 valence electrons. The molecule has 16 heavy (non-hydrogen) atoms. The maximum atomic E-state index is 11.5. The van der Waals surface area contributed by atoms with Gasteiger partial charge in [0.15, 0.2) is 0 Å². The summed E-state index contributed by atoms with van der Waals surface area (Å²) in [6.07, 6.45) is -0.368. The van der Waals surface area contributed by atoms with Crippen LogP contribution in [0.15, 0.2) is 0 Å². The van der Waals surface area contributed by atoms with Gasteiger partial charge in [-0.3, -0.25) is 4.79 Å². The summed E-state index contributed by atoms with van der Waals surface area (Å²) in [7, 11) is 1.62. The zero-order valence-corrected chi connectivity index (χ0v) is 9.66. The Morgan fingerprint density at radius 3 is 3.06 bits per heavy atom. The summed E-state index contributed by atoms with van der Waals surface area (Å²) < 4.78 is 15.3. The molecule has 0 aromatic rings. The molecule has 0 radical (unpaired) electrons. The first-order chi connectivity index (χ1) is 7.84. The van der Waals surface area contributed by atoms with Crippen LogP contribution in [0.5, 0.6) is 0 Å². The third-order valence-corrected chi connectivity index (χ3v) is 2.20. The number of methoxy groups -OCH3 is 1. The number of hydrogen-bond acceptors (Lipinski definition) is 5. The van der Waals surface area contributed by atoms with Crippen molar-refractivity contribution in [3.05, 3.63) is 0 Å². The normalized spacial score (nSPS) is 20.7. The molecule has 1 rings (SSSR count). The van der Waals surface area contributed by atoms with Crippen LogP contribution >= 0.6 is 0 Å². The van der Waals surface area contributed by atoms with Crippen molar-refractivity contribution in [1.29, 1.82) is 0 Å². The molecule has 1 atom stereocenters. The molecule has 1 aliphatic rings. The second kappa shape index (κ2) is 8.46. The zero-order chi connectivity index (χ0) is 11.6. The second-order valence-corrected chi connectivity index (χ2v) is 3.46. The molecule has 1 fully saturated rings. The fraction of sp³-hybridized carbons (Fsp3) is 0.900. The van der Waals surface area contributed by atoms with E-state index in [2.05, 4.69) is 10.6 Å². The van der Waals surface area contributed by atoms with Crippen molar-refractivity contribution in [2.45, 2.75) is 6.10 Å². The maximum absolute atomic E-state index is 11.5. The van der Waals surface area contributed by atoms with Crippen molar-refractivity contribution < 1.29 is 19.0 Å². The van der Waals surface area contributed by atoms with Crippen molar-refractivity contribution in [2.75, 3.05) is 53.2 Å². The Morgan fingerprint density at radius 1 is 1.50 bits per heavy atom. The number of carbonyl (C=O) groups excluding carboxylic acids is 1. The van der Waals surface area contributed by atoms with Gasteiger partial charge in [0, 0.05) is 26.7 Å². The number of rotatable bonds is 7. The molecule has 0 bridgehead atoms. The fourth-order valence-electron chi connectivity index (χ4n) is 1.34. The molecular formula is C10H20N2O4. The Kier molecular flexibility index (Phi) is 7.07. The van der Waals surface area contributed by atoms with E-state index in [4.69, 9.17) is 14.2 Å². The van der Waals surface area contributed by atoms with E-state index in [1.54, 1.807) is 7.11 Å². The highest BCUT2D eigenvalue weighted by atomic mass is 16.5. The Bertz CT molecular complexity index is 195. The Hall–Kier alpha value is -0.690. The van der Waals surface area contributed by atoms with Crippen LogP contribution in [0.2, 0.25) is 0 Å². The summed E-state index contributed by atoms with van der Waals surface area (Å²) in [6, 6.07) is 0. The average Bonchev–Trinajstić information content (AvgIpc) is 2.34. The Morgan fingerprint density at radius 2 is 2.38 bits per heavy atom. The molecule has 1 aliphatic heterocycles. The van der Waals surface area contributed by atoms with E-state index < -0.39 is 0 Å². The van der Waals surface area contributed by atoms with Gasteiger partial charge in [-0.2, -0.15) is 0 Å². The van der Waals surface area contributed by atoms with Crippen LogP contribution in [-0.2, 0) is 19.0 Å².